The van der Waals surface area contributed by atoms with Gasteiger partial charge < -0.3 is 10.2 Å². The molecule has 2 heterocycles. The van der Waals surface area contributed by atoms with E-state index in [1.807, 2.05) is 13.0 Å². The van der Waals surface area contributed by atoms with Crippen molar-refractivity contribution < 1.29 is 0 Å². The molecule has 1 aliphatic heterocycles. The van der Waals surface area contributed by atoms with Gasteiger partial charge in [0.15, 0.2) is 0 Å². The van der Waals surface area contributed by atoms with Crippen molar-refractivity contribution >= 4 is 29.8 Å². The predicted octanol–water partition coefficient (Wildman–Crippen LogP) is 1.66. The number of rotatable bonds is 1. The molecule has 1 aromatic rings. The van der Waals surface area contributed by atoms with E-state index in [4.69, 9.17) is 11.6 Å². The van der Waals surface area contributed by atoms with E-state index in [2.05, 4.69) is 27.1 Å². The fourth-order valence-electron chi connectivity index (χ4n) is 1.82. The molecule has 0 aromatic carbocycles. The van der Waals surface area contributed by atoms with Gasteiger partial charge in [-0.15, -0.1) is 12.4 Å². The molecule has 0 saturated carbocycles. The van der Waals surface area contributed by atoms with Gasteiger partial charge in [-0.2, -0.15) is 0 Å². The summed E-state index contributed by atoms with van der Waals surface area (Å²) in [6.07, 6.45) is 0. The molecule has 0 radical (unpaired) electrons. The molecule has 0 aliphatic carbocycles. The number of piperazine rings is 1. The zero-order chi connectivity index (χ0) is 10.8. The van der Waals surface area contributed by atoms with Crippen LogP contribution in [0.2, 0.25) is 5.28 Å². The van der Waals surface area contributed by atoms with Crippen LogP contribution in [-0.2, 0) is 0 Å². The molecule has 90 valence electrons. The van der Waals surface area contributed by atoms with Crippen LogP contribution in [0.25, 0.3) is 0 Å². The van der Waals surface area contributed by atoms with E-state index in [0.29, 0.717) is 11.3 Å². The molecule has 16 heavy (non-hydrogen) atoms. The van der Waals surface area contributed by atoms with Crippen molar-refractivity contribution in [3.05, 3.63) is 17.0 Å². The minimum Gasteiger partial charge on any atom is -0.354 e. The Morgan fingerprint density at radius 2 is 2.25 bits per heavy atom. The summed E-state index contributed by atoms with van der Waals surface area (Å²) in [6.45, 7) is 7.02. The number of aromatic nitrogens is 2. The quantitative estimate of drug-likeness (QED) is 0.782. The highest BCUT2D eigenvalue weighted by atomic mass is 35.5. The first-order chi connectivity index (χ1) is 7.15. The van der Waals surface area contributed by atoms with Gasteiger partial charge >= 0.3 is 0 Å². The summed E-state index contributed by atoms with van der Waals surface area (Å²) in [5.74, 6) is 0.931. The van der Waals surface area contributed by atoms with E-state index in [1.165, 1.54) is 0 Å². The molecular formula is C10H16Cl2N4. The molecule has 0 spiro atoms. The molecule has 4 nitrogen and oxygen atoms in total. The van der Waals surface area contributed by atoms with Crippen molar-refractivity contribution in [3.63, 3.8) is 0 Å². The minimum absolute atomic E-state index is 0. The topological polar surface area (TPSA) is 41.0 Å². The number of halogens is 2. The fourth-order valence-corrected chi connectivity index (χ4v) is 2.04. The zero-order valence-electron chi connectivity index (χ0n) is 9.40. The number of aryl methyl sites for hydroxylation is 1. The fraction of sp³-hybridized carbons (Fsp3) is 0.600. The Kier molecular flexibility index (Phi) is 4.77. The van der Waals surface area contributed by atoms with Crippen LogP contribution in [0.3, 0.4) is 0 Å². The van der Waals surface area contributed by atoms with Gasteiger partial charge in [0.1, 0.15) is 5.82 Å². The van der Waals surface area contributed by atoms with Gasteiger partial charge in [-0.25, -0.2) is 9.97 Å². The number of nitrogens with zero attached hydrogens (tertiary/aromatic N) is 3. The average Bonchev–Trinajstić information content (AvgIpc) is 2.16. The number of hydrogen-bond acceptors (Lipinski definition) is 4. The van der Waals surface area contributed by atoms with Crippen LogP contribution in [-0.4, -0.2) is 35.6 Å². The molecule has 1 atom stereocenters. The van der Waals surface area contributed by atoms with Gasteiger partial charge in [-0.3, -0.25) is 0 Å². The van der Waals surface area contributed by atoms with Crippen LogP contribution in [0, 0.1) is 6.92 Å². The molecular weight excluding hydrogens is 247 g/mol. The maximum atomic E-state index is 5.84. The normalized spacial score (nSPS) is 20.4. The van der Waals surface area contributed by atoms with Gasteiger partial charge in [0.05, 0.1) is 0 Å². The largest absolute Gasteiger partial charge is 0.354 e. The smallest absolute Gasteiger partial charge is 0.224 e. The summed E-state index contributed by atoms with van der Waals surface area (Å²) < 4.78 is 0. The van der Waals surface area contributed by atoms with Crippen LogP contribution >= 0.6 is 24.0 Å². The van der Waals surface area contributed by atoms with Crippen LogP contribution < -0.4 is 10.2 Å². The van der Waals surface area contributed by atoms with E-state index < -0.39 is 0 Å². The summed E-state index contributed by atoms with van der Waals surface area (Å²) in [4.78, 5) is 10.5. The third-order valence-electron chi connectivity index (χ3n) is 2.51. The van der Waals surface area contributed by atoms with Gasteiger partial charge in [-0.05, 0) is 25.4 Å². The third-order valence-corrected chi connectivity index (χ3v) is 2.68. The Morgan fingerprint density at radius 3 is 2.88 bits per heavy atom. The zero-order valence-corrected chi connectivity index (χ0v) is 11.0. The van der Waals surface area contributed by atoms with Crippen LogP contribution in [0.15, 0.2) is 6.07 Å². The number of anilines is 1. The van der Waals surface area contributed by atoms with E-state index in [9.17, 15) is 0 Å². The summed E-state index contributed by atoms with van der Waals surface area (Å²) >= 11 is 5.84. The maximum absolute atomic E-state index is 5.84. The van der Waals surface area contributed by atoms with Gasteiger partial charge in [0, 0.05) is 37.4 Å². The van der Waals surface area contributed by atoms with Gasteiger partial charge in [-0.1, -0.05) is 0 Å². The molecule has 1 aromatic heterocycles. The summed E-state index contributed by atoms with van der Waals surface area (Å²) in [5, 5.41) is 3.72. The second kappa shape index (κ2) is 5.66. The van der Waals surface area contributed by atoms with Crippen molar-refractivity contribution in [1.29, 1.82) is 0 Å². The summed E-state index contributed by atoms with van der Waals surface area (Å²) in [5.41, 5.74) is 0.913. The highest BCUT2D eigenvalue weighted by Gasteiger charge is 2.17. The molecule has 1 aliphatic rings. The standard InChI is InChI=1S/C10H15ClN4.ClH/c1-7-5-9(14-10(11)13-7)15-4-3-12-8(2)6-15;/h5,8,12H,3-4,6H2,1-2H3;1H. The molecule has 1 fully saturated rings. The number of hydrogen-bond donors (Lipinski definition) is 1. The number of nitrogens with one attached hydrogen (secondary N) is 1. The maximum Gasteiger partial charge on any atom is 0.224 e. The second-order valence-electron chi connectivity index (χ2n) is 3.94. The second-order valence-corrected chi connectivity index (χ2v) is 4.28. The first-order valence-electron chi connectivity index (χ1n) is 5.14. The van der Waals surface area contributed by atoms with Crippen molar-refractivity contribution in [3.8, 4) is 0 Å². The molecule has 2 rings (SSSR count). The van der Waals surface area contributed by atoms with Crippen LogP contribution in [0.1, 0.15) is 12.6 Å². The Hall–Kier alpha value is -0.580. The molecule has 0 amide bonds. The van der Waals surface area contributed by atoms with E-state index >= 15 is 0 Å². The average molecular weight is 263 g/mol. The molecule has 6 heteroatoms. The highest BCUT2D eigenvalue weighted by molar-refractivity contribution is 6.28. The van der Waals surface area contributed by atoms with Crippen molar-refractivity contribution in [2.24, 2.45) is 0 Å². The molecule has 1 N–H and O–H groups in total. The van der Waals surface area contributed by atoms with Gasteiger partial charge in [0.2, 0.25) is 5.28 Å². The van der Waals surface area contributed by atoms with Crippen LogP contribution in [0.4, 0.5) is 5.82 Å². The van der Waals surface area contributed by atoms with Crippen molar-refractivity contribution in [2.45, 2.75) is 19.9 Å². The Balaban J connectivity index is 0.00000128. The third kappa shape index (κ3) is 3.20. The lowest BCUT2D eigenvalue weighted by Crippen LogP contribution is -2.49. The lowest BCUT2D eigenvalue weighted by molar-refractivity contribution is 0.482. The lowest BCUT2D eigenvalue weighted by Gasteiger charge is -2.32. The molecule has 0 bridgehead atoms. The monoisotopic (exact) mass is 262 g/mol. The lowest BCUT2D eigenvalue weighted by atomic mass is 10.2. The summed E-state index contributed by atoms with van der Waals surface area (Å²) in [6, 6.07) is 2.47. The first kappa shape index (κ1) is 13.5. The van der Waals surface area contributed by atoms with Crippen molar-refractivity contribution in [1.82, 2.24) is 15.3 Å². The van der Waals surface area contributed by atoms with Gasteiger partial charge in [0.25, 0.3) is 0 Å². The van der Waals surface area contributed by atoms with E-state index in [0.717, 1.165) is 31.1 Å². The van der Waals surface area contributed by atoms with Crippen molar-refractivity contribution in [2.75, 3.05) is 24.5 Å². The molecule has 1 unspecified atom stereocenters. The first-order valence-corrected chi connectivity index (χ1v) is 5.52. The highest BCUT2D eigenvalue weighted by Crippen LogP contribution is 2.16. The Labute approximate surface area is 107 Å². The SMILES string of the molecule is Cc1cc(N2CCNC(C)C2)nc(Cl)n1.Cl. The van der Waals surface area contributed by atoms with Crippen LogP contribution in [0.5, 0.6) is 0 Å². The predicted molar refractivity (Wildman–Crippen MR) is 68.7 cm³/mol. The molecule has 1 saturated heterocycles. The van der Waals surface area contributed by atoms with E-state index in [-0.39, 0.29) is 12.4 Å². The minimum atomic E-state index is 0. The summed E-state index contributed by atoms with van der Waals surface area (Å²) in [7, 11) is 0. The Bertz CT molecular complexity index is 338. The van der Waals surface area contributed by atoms with E-state index in [1.54, 1.807) is 0 Å². The Morgan fingerprint density at radius 1 is 1.50 bits per heavy atom.